The highest BCUT2D eigenvalue weighted by molar-refractivity contribution is 5.06. The van der Waals surface area contributed by atoms with Crippen LogP contribution in [0, 0.1) is 5.92 Å². The smallest absolute Gasteiger partial charge is 0.164 e. The Bertz CT molecular complexity index is 282. The van der Waals surface area contributed by atoms with E-state index in [0.717, 1.165) is 12.8 Å². The summed E-state index contributed by atoms with van der Waals surface area (Å²) in [5.41, 5.74) is 1.21. The molecule has 0 bridgehead atoms. The van der Waals surface area contributed by atoms with Gasteiger partial charge in [0, 0.05) is 0 Å². The summed E-state index contributed by atoms with van der Waals surface area (Å²) in [6.45, 7) is 12.4. The second-order valence-electron chi connectivity index (χ2n) is 5.74. The van der Waals surface area contributed by atoms with Gasteiger partial charge in [0.05, 0.1) is 11.7 Å². The Hall–Kier alpha value is -0.340. The minimum Gasteiger partial charge on any atom is -0.344 e. The van der Waals surface area contributed by atoms with Crippen molar-refractivity contribution >= 4 is 0 Å². The number of ether oxygens (including phenoxy) is 2. The van der Waals surface area contributed by atoms with Gasteiger partial charge < -0.3 is 9.47 Å². The topological polar surface area (TPSA) is 18.5 Å². The fourth-order valence-electron chi connectivity index (χ4n) is 2.91. The van der Waals surface area contributed by atoms with E-state index in [4.69, 9.17) is 9.47 Å². The number of fused-ring (bicyclic) bond motifs is 1. The van der Waals surface area contributed by atoms with Gasteiger partial charge in [0.1, 0.15) is 0 Å². The van der Waals surface area contributed by atoms with Crippen molar-refractivity contribution in [3.8, 4) is 0 Å². The summed E-state index contributed by atoms with van der Waals surface area (Å²) >= 11 is 0. The van der Waals surface area contributed by atoms with E-state index >= 15 is 0 Å². The third kappa shape index (κ3) is 1.98. The summed E-state index contributed by atoms with van der Waals surface area (Å²) in [4.78, 5) is 0. The molecule has 0 N–H and O–H groups in total. The van der Waals surface area contributed by atoms with Crippen LogP contribution in [0.4, 0.5) is 0 Å². The second kappa shape index (κ2) is 3.33. The molecular formula is C13H22O2. The molecule has 0 aromatic carbocycles. The molecule has 0 amide bonds. The van der Waals surface area contributed by atoms with E-state index in [0.29, 0.717) is 5.92 Å². The average molecular weight is 210 g/mol. The highest BCUT2D eigenvalue weighted by atomic mass is 16.8. The lowest BCUT2D eigenvalue weighted by atomic mass is 9.75. The van der Waals surface area contributed by atoms with E-state index in [1.165, 1.54) is 12.0 Å². The number of rotatable bonds is 1. The summed E-state index contributed by atoms with van der Waals surface area (Å²) in [6, 6.07) is 0. The van der Waals surface area contributed by atoms with Crippen molar-refractivity contribution in [1.82, 2.24) is 0 Å². The van der Waals surface area contributed by atoms with Gasteiger partial charge in [-0.1, -0.05) is 12.2 Å². The summed E-state index contributed by atoms with van der Waals surface area (Å²) in [6.07, 6.45) is 3.57. The first kappa shape index (κ1) is 11.2. The second-order valence-corrected chi connectivity index (χ2v) is 5.74. The summed E-state index contributed by atoms with van der Waals surface area (Å²) in [5.74, 6) is 0.198. The first-order valence-electron chi connectivity index (χ1n) is 5.86. The molecule has 2 fully saturated rings. The van der Waals surface area contributed by atoms with E-state index in [9.17, 15) is 0 Å². The van der Waals surface area contributed by atoms with Crippen LogP contribution in [0.3, 0.4) is 0 Å². The first-order chi connectivity index (χ1) is 6.82. The molecule has 1 saturated carbocycles. The van der Waals surface area contributed by atoms with Gasteiger partial charge in [-0.05, 0) is 52.9 Å². The van der Waals surface area contributed by atoms with Crippen LogP contribution in [0.1, 0.15) is 47.0 Å². The molecule has 2 aliphatic rings. The van der Waals surface area contributed by atoms with Gasteiger partial charge in [-0.2, -0.15) is 0 Å². The van der Waals surface area contributed by atoms with Gasteiger partial charge >= 0.3 is 0 Å². The lowest BCUT2D eigenvalue weighted by Gasteiger charge is -2.37. The Morgan fingerprint density at radius 3 is 2.60 bits per heavy atom. The summed E-state index contributed by atoms with van der Waals surface area (Å²) < 4.78 is 12.0. The lowest BCUT2D eigenvalue weighted by molar-refractivity contribution is -0.160. The third-order valence-corrected chi connectivity index (χ3v) is 3.77. The van der Waals surface area contributed by atoms with Crippen molar-refractivity contribution in [2.24, 2.45) is 5.92 Å². The number of allylic oxidation sites excluding steroid dienone is 1. The highest BCUT2D eigenvalue weighted by Crippen LogP contribution is 2.47. The standard InChI is InChI=1S/C13H22O2/c1-9(2)10-6-7-13(5)11(8-10)14-12(3,4)15-13/h10-11H,1,6-8H2,2-5H3/t10-,11?,13?/m0/s1. The van der Waals surface area contributed by atoms with Gasteiger partial charge in [-0.15, -0.1) is 0 Å². The third-order valence-electron chi connectivity index (χ3n) is 3.77. The van der Waals surface area contributed by atoms with Crippen LogP contribution >= 0.6 is 0 Å². The minimum absolute atomic E-state index is 0.0740. The van der Waals surface area contributed by atoms with Crippen LogP contribution in [-0.2, 0) is 9.47 Å². The molecule has 1 heterocycles. The molecule has 0 radical (unpaired) electrons. The zero-order valence-electron chi connectivity index (χ0n) is 10.3. The quantitative estimate of drug-likeness (QED) is 0.618. The molecule has 86 valence electrons. The molecule has 3 atom stereocenters. The van der Waals surface area contributed by atoms with Crippen molar-refractivity contribution < 1.29 is 9.47 Å². The Morgan fingerprint density at radius 1 is 1.33 bits per heavy atom. The predicted molar refractivity (Wildman–Crippen MR) is 60.6 cm³/mol. The van der Waals surface area contributed by atoms with E-state index in [2.05, 4.69) is 20.4 Å². The maximum Gasteiger partial charge on any atom is 0.164 e. The van der Waals surface area contributed by atoms with Crippen molar-refractivity contribution in [3.05, 3.63) is 12.2 Å². The molecule has 2 nitrogen and oxygen atoms in total. The van der Waals surface area contributed by atoms with Crippen LogP contribution in [0.25, 0.3) is 0 Å². The van der Waals surface area contributed by atoms with Gasteiger partial charge in [0.25, 0.3) is 0 Å². The number of hydrogen-bond acceptors (Lipinski definition) is 2. The Balaban J connectivity index is 2.12. The molecule has 0 aromatic heterocycles. The van der Waals surface area contributed by atoms with Crippen LogP contribution < -0.4 is 0 Å². The van der Waals surface area contributed by atoms with E-state index in [1.807, 2.05) is 13.8 Å². The van der Waals surface area contributed by atoms with Crippen molar-refractivity contribution in [2.45, 2.75) is 64.4 Å². The molecule has 0 aromatic rings. The Labute approximate surface area is 92.6 Å². The minimum atomic E-state index is -0.413. The van der Waals surface area contributed by atoms with Crippen LogP contribution in [0.2, 0.25) is 0 Å². The predicted octanol–water partition coefficient (Wildman–Crippen LogP) is 3.27. The Morgan fingerprint density at radius 2 is 2.00 bits per heavy atom. The van der Waals surface area contributed by atoms with Crippen LogP contribution in [0.15, 0.2) is 12.2 Å². The van der Waals surface area contributed by atoms with Gasteiger partial charge in [0.2, 0.25) is 0 Å². The average Bonchev–Trinajstić information content (AvgIpc) is 2.31. The largest absolute Gasteiger partial charge is 0.344 e. The SMILES string of the molecule is C=C(C)[C@H]1CCC2(C)OC(C)(C)OC2C1. The molecule has 0 spiro atoms. The molecule has 1 aliphatic carbocycles. The van der Waals surface area contributed by atoms with Gasteiger partial charge in [0.15, 0.2) is 5.79 Å². The monoisotopic (exact) mass is 210 g/mol. The molecular weight excluding hydrogens is 188 g/mol. The van der Waals surface area contributed by atoms with Crippen molar-refractivity contribution in [3.63, 3.8) is 0 Å². The van der Waals surface area contributed by atoms with Crippen molar-refractivity contribution in [1.29, 1.82) is 0 Å². The van der Waals surface area contributed by atoms with Gasteiger partial charge in [-0.3, -0.25) is 0 Å². The van der Waals surface area contributed by atoms with Crippen molar-refractivity contribution in [2.75, 3.05) is 0 Å². The van der Waals surface area contributed by atoms with E-state index < -0.39 is 5.79 Å². The zero-order chi connectivity index (χ0) is 11.3. The maximum atomic E-state index is 6.02. The summed E-state index contributed by atoms with van der Waals surface area (Å²) in [5, 5.41) is 0. The van der Waals surface area contributed by atoms with Crippen LogP contribution in [0.5, 0.6) is 0 Å². The van der Waals surface area contributed by atoms with E-state index in [1.54, 1.807) is 0 Å². The van der Waals surface area contributed by atoms with E-state index in [-0.39, 0.29) is 11.7 Å². The first-order valence-corrected chi connectivity index (χ1v) is 5.86. The molecule has 2 unspecified atom stereocenters. The zero-order valence-corrected chi connectivity index (χ0v) is 10.3. The molecule has 15 heavy (non-hydrogen) atoms. The molecule has 2 heteroatoms. The number of hydrogen-bond donors (Lipinski definition) is 0. The molecule has 1 saturated heterocycles. The lowest BCUT2D eigenvalue weighted by Crippen LogP contribution is -2.42. The Kier molecular flexibility index (Phi) is 2.47. The fraction of sp³-hybridized carbons (Fsp3) is 0.846. The normalized spacial score (nSPS) is 43.7. The maximum absolute atomic E-state index is 6.02. The van der Waals surface area contributed by atoms with Gasteiger partial charge in [-0.25, -0.2) is 0 Å². The summed E-state index contributed by atoms with van der Waals surface area (Å²) in [7, 11) is 0. The highest BCUT2D eigenvalue weighted by Gasteiger charge is 2.52. The fourth-order valence-corrected chi connectivity index (χ4v) is 2.91. The molecule has 2 rings (SSSR count). The molecule has 1 aliphatic heterocycles. The van der Waals surface area contributed by atoms with Crippen LogP contribution in [-0.4, -0.2) is 17.5 Å².